The van der Waals surface area contributed by atoms with Crippen molar-refractivity contribution in [1.29, 1.82) is 0 Å². The first-order chi connectivity index (χ1) is 7.48. The Kier molecular flexibility index (Phi) is 3.34. The molecule has 16 heavy (non-hydrogen) atoms. The Morgan fingerprint density at radius 1 is 1.44 bits per heavy atom. The highest BCUT2D eigenvalue weighted by atomic mass is 79.9. The first kappa shape index (κ1) is 12.0. The summed E-state index contributed by atoms with van der Waals surface area (Å²) in [4.78, 5) is 0.543. The Balaban J connectivity index is 2.14. The molecular formula is C13H15BrF2. The summed E-state index contributed by atoms with van der Waals surface area (Å²) in [6, 6.07) is 3.87. The lowest BCUT2D eigenvalue weighted by molar-refractivity contribution is 0.330. The van der Waals surface area contributed by atoms with Crippen LogP contribution in [-0.4, -0.2) is 4.83 Å². The standard InChI is InChI=1S/C13H15BrF2/c1-13(5-4-10(14)8-13)7-9-2-3-11(15)6-12(9)16/h2-3,6,10H,4-5,7-8H2,1H3. The summed E-state index contributed by atoms with van der Waals surface area (Å²) in [5, 5.41) is 0. The van der Waals surface area contributed by atoms with E-state index in [2.05, 4.69) is 22.9 Å². The number of hydrogen-bond acceptors (Lipinski definition) is 0. The van der Waals surface area contributed by atoms with Gasteiger partial charge < -0.3 is 0 Å². The lowest BCUT2D eigenvalue weighted by Crippen LogP contribution is -2.16. The summed E-state index contributed by atoms with van der Waals surface area (Å²) in [7, 11) is 0. The van der Waals surface area contributed by atoms with E-state index in [1.807, 2.05) is 0 Å². The maximum absolute atomic E-state index is 13.5. The molecule has 1 fully saturated rings. The fraction of sp³-hybridized carbons (Fsp3) is 0.538. The van der Waals surface area contributed by atoms with Crippen LogP contribution in [0, 0.1) is 17.0 Å². The predicted molar refractivity (Wildman–Crippen MR) is 64.7 cm³/mol. The van der Waals surface area contributed by atoms with E-state index < -0.39 is 11.6 Å². The molecule has 1 aliphatic carbocycles. The fourth-order valence-electron chi connectivity index (χ4n) is 2.53. The molecule has 0 bridgehead atoms. The second kappa shape index (κ2) is 4.44. The quantitative estimate of drug-likeness (QED) is 0.705. The molecule has 0 spiro atoms. The fourth-order valence-corrected chi connectivity index (χ4v) is 3.54. The number of rotatable bonds is 2. The predicted octanol–water partition coefficient (Wildman–Crippen LogP) is 4.46. The molecule has 88 valence electrons. The Bertz CT molecular complexity index is 392. The summed E-state index contributed by atoms with van der Waals surface area (Å²) in [5.74, 6) is -0.921. The zero-order chi connectivity index (χ0) is 11.8. The molecule has 2 rings (SSSR count). The molecule has 0 nitrogen and oxygen atoms in total. The average molecular weight is 289 g/mol. The van der Waals surface area contributed by atoms with E-state index >= 15 is 0 Å². The molecule has 0 saturated heterocycles. The number of hydrogen-bond donors (Lipinski definition) is 0. The van der Waals surface area contributed by atoms with Gasteiger partial charge in [0.05, 0.1) is 0 Å². The van der Waals surface area contributed by atoms with Gasteiger partial charge in [-0.25, -0.2) is 8.78 Å². The average Bonchev–Trinajstić information content (AvgIpc) is 2.52. The van der Waals surface area contributed by atoms with Gasteiger partial charge in [-0.05, 0) is 42.7 Å². The van der Waals surface area contributed by atoms with Crippen LogP contribution >= 0.6 is 15.9 Å². The Morgan fingerprint density at radius 3 is 2.75 bits per heavy atom. The van der Waals surface area contributed by atoms with Crippen LogP contribution < -0.4 is 0 Å². The Morgan fingerprint density at radius 2 is 2.19 bits per heavy atom. The molecule has 2 unspecified atom stereocenters. The first-order valence-electron chi connectivity index (χ1n) is 5.56. The Labute approximate surface area is 103 Å². The van der Waals surface area contributed by atoms with Crippen molar-refractivity contribution in [3.63, 3.8) is 0 Å². The lowest BCUT2D eigenvalue weighted by Gasteiger charge is -2.24. The van der Waals surface area contributed by atoms with Gasteiger partial charge in [-0.1, -0.05) is 28.9 Å². The van der Waals surface area contributed by atoms with Crippen molar-refractivity contribution in [3.8, 4) is 0 Å². The van der Waals surface area contributed by atoms with Gasteiger partial charge in [0.15, 0.2) is 0 Å². The molecule has 0 N–H and O–H groups in total. The second-order valence-corrected chi connectivity index (χ2v) is 6.36. The maximum Gasteiger partial charge on any atom is 0.129 e. The molecule has 0 aliphatic heterocycles. The van der Waals surface area contributed by atoms with Gasteiger partial charge in [0.2, 0.25) is 0 Å². The third-order valence-electron chi connectivity index (χ3n) is 3.41. The monoisotopic (exact) mass is 288 g/mol. The van der Waals surface area contributed by atoms with Crippen LogP contribution in [0.2, 0.25) is 0 Å². The molecule has 1 saturated carbocycles. The maximum atomic E-state index is 13.5. The minimum absolute atomic E-state index is 0.146. The molecule has 0 heterocycles. The summed E-state index contributed by atoms with van der Waals surface area (Å²) in [6.45, 7) is 2.18. The van der Waals surface area contributed by atoms with E-state index in [9.17, 15) is 8.78 Å². The van der Waals surface area contributed by atoms with E-state index in [4.69, 9.17) is 0 Å². The molecule has 0 radical (unpaired) electrons. The molecular weight excluding hydrogens is 274 g/mol. The smallest absolute Gasteiger partial charge is 0.129 e. The van der Waals surface area contributed by atoms with Gasteiger partial charge in [-0.3, -0.25) is 0 Å². The van der Waals surface area contributed by atoms with Gasteiger partial charge in [0.1, 0.15) is 11.6 Å². The first-order valence-corrected chi connectivity index (χ1v) is 6.48. The van der Waals surface area contributed by atoms with Crippen LogP contribution in [-0.2, 0) is 6.42 Å². The van der Waals surface area contributed by atoms with Crippen LogP contribution in [0.5, 0.6) is 0 Å². The third kappa shape index (κ3) is 2.62. The molecule has 0 amide bonds. The van der Waals surface area contributed by atoms with Crippen LogP contribution in [0.1, 0.15) is 31.7 Å². The van der Waals surface area contributed by atoms with Crippen LogP contribution in [0.3, 0.4) is 0 Å². The molecule has 0 aromatic heterocycles. The van der Waals surface area contributed by atoms with Crippen LogP contribution in [0.15, 0.2) is 18.2 Å². The van der Waals surface area contributed by atoms with Gasteiger partial charge >= 0.3 is 0 Å². The van der Waals surface area contributed by atoms with E-state index in [1.54, 1.807) is 6.07 Å². The molecule has 3 heteroatoms. The van der Waals surface area contributed by atoms with Gasteiger partial charge in [0, 0.05) is 10.9 Å². The molecule has 1 aliphatic rings. The lowest BCUT2D eigenvalue weighted by atomic mass is 9.82. The highest BCUT2D eigenvalue weighted by Gasteiger charge is 2.34. The van der Waals surface area contributed by atoms with Gasteiger partial charge in [-0.15, -0.1) is 0 Å². The number of benzene rings is 1. The summed E-state index contributed by atoms with van der Waals surface area (Å²) >= 11 is 3.60. The molecule has 1 aromatic carbocycles. The van der Waals surface area contributed by atoms with Crippen molar-refractivity contribution in [3.05, 3.63) is 35.4 Å². The highest BCUT2D eigenvalue weighted by molar-refractivity contribution is 9.09. The highest BCUT2D eigenvalue weighted by Crippen LogP contribution is 2.43. The zero-order valence-corrected chi connectivity index (χ0v) is 10.9. The van der Waals surface area contributed by atoms with Gasteiger partial charge in [0.25, 0.3) is 0 Å². The van der Waals surface area contributed by atoms with Crippen molar-refractivity contribution in [1.82, 2.24) is 0 Å². The van der Waals surface area contributed by atoms with Crippen LogP contribution in [0.25, 0.3) is 0 Å². The number of alkyl halides is 1. The van der Waals surface area contributed by atoms with Crippen molar-refractivity contribution in [2.75, 3.05) is 0 Å². The van der Waals surface area contributed by atoms with E-state index in [0.717, 1.165) is 25.3 Å². The van der Waals surface area contributed by atoms with Crippen LogP contribution in [0.4, 0.5) is 8.78 Å². The van der Waals surface area contributed by atoms with Crippen molar-refractivity contribution >= 4 is 15.9 Å². The Hall–Kier alpha value is -0.440. The third-order valence-corrected chi connectivity index (χ3v) is 4.19. The van der Waals surface area contributed by atoms with Crippen molar-refractivity contribution in [2.45, 2.75) is 37.4 Å². The SMILES string of the molecule is CC1(Cc2ccc(F)cc2F)CCC(Br)C1. The summed E-state index contributed by atoms with van der Waals surface area (Å²) < 4.78 is 26.3. The minimum Gasteiger partial charge on any atom is -0.207 e. The minimum atomic E-state index is -0.504. The number of halogens is 3. The van der Waals surface area contributed by atoms with Crippen molar-refractivity contribution in [2.24, 2.45) is 5.41 Å². The van der Waals surface area contributed by atoms with E-state index in [0.29, 0.717) is 16.8 Å². The van der Waals surface area contributed by atoms with E-state index in [-0.39, 0.29) is 5.41 Å². The van der Waals surface area contributed by atoms with Gasteiger partial charge in [-0.2, -0.15) is 0 Å². The topological polar surface area (TPSA) is 0 Å². The molecule has 2 atom stereocenters. The van der Waals surface area contributed by atoms with E-state index in [1.165, 1.54) is 6.07 Å². The summed E-state index contributed by atoms with van der Waals surface area (Å²) in [6.07, 6.45) is 3.99. The summed E-state index contributed by atoms with van der Waals surface area (Å²) in [5.41, 5.74) is 0.776. The normalized spacial score (nSPS) is 29.6. The largest absolute Gasteiger partial charge is 0.207 e. The van der Waals surface area contributed by atoms with Crippen molar-refractivity contribution < 1.29 is 8.78 Å². The zero-order valence-electron chi connectivity index (χ0n) is 9.27. The molecule has 1 aromatic rings. The second-order valence-electron chi connectivity index (χ2n) is 5.06.